The van der Waals surface area contributed by atoms with E-state index in [0.29, 0.717) is 30.9 Å². The summed E-state index contributed by atoms with van der Waals surface area (Å²) in [7, 11) is 0. The van der Waals surface area contributed by atoms with Crippen LogP contribution in [0.2, 0.25) is 0 Å². The normalized spacial score (nSPS) is 18.5. The maximum atomic E-state index is 5.62. The van der Waals surface area contributed by atoms with Crippen molar-refractivity contribution in [3.8, 4) is 11.5 Å². The van der Waals surface area contributed by atoms with Crippen LogP contribution in [0.4, 0.5) is 11.5 Å². The Morgan fingerprint density at radius 1 is 1.18 bits per heavy atom. The van der Waals surface area contributed by atoms with Gasteiger partial charge in [-0.15, -0.1) is 0 Å². The number of thiocarbonyl (C=S) groups is 1. The van der Waals surface area contributed by atoms with Crippen molar-refractivity contribution in [2.24, 2.45) is 0 Å². The molecule has 2 aliphatic rings. The third-order valence-corrected chi connectivity index (χ3v) is 5.41. The maximum Gasteiger partial charge on any atom is 0.171 e. The van der Waals surface area contributed by atoms with Gasteiger partial charge in [0.2, 0.25) is 0 Å². The number of nitrogens with zero attached hydrogens (tertiary/aromatic N) is 2. The van der Waals surface area contributed by atoms with E-state index in [1.165, 1.54) is 19.3 Å². The summed E-state index contributed by atoms with van der Waals surface area (Å²) in [6, 6.07) is 10.6. The van der Waals surface area contributed by atoms with Crippen LogP contribution in [-0.2, 0) is 6.54 Å². The van der Waals surface area contributed by atoms with E-state index in [-0.39, 0.29) is 0 Å². The molecule has 1 atom stereocenters. The number of piperidine rings is 1. The average Bonchev–Trinajstić information content (AvgIpc) is 2.73. The highest BCUT2D eigenvalue weighted by Gasteiger charge is 2.19. The Balaban J connectivity index is 1.30. The lowest BCUT2D eigenvalue weighted by Crippen LogP contribution is -2.37. The minimum atomic E-state index is 0.550. The van der Waals surface area contributed by atoms with E-state index in [9.17, 15) is 0 Å². The van der Waals surface area contributed by atoms with Crippen LogP contribution in [0.15, 0.2) is 36.5 Å². The van der Waals surface area contributed by atoms with E-state index in [2.05, 4.69) is 33.5 Å². The Labute approximate surface area is 171 Å². The van der Waals surface area contributed by atoms with Crippen molar-refractivity contribution in [3.63, 3.8) is 0 Å². The zero-order chi connectivity index (χ0) is 19.3. The molecule has 148 valence electrons. The number of fused-ring (bicyclic) bond motifs is 1. The predicted octanol–water partition coefficient (Wildman–Crippen LogP) is 3.72. The lowest BCUT2D eigenvalue weighted by molar-refractivity contribution is 0.171. The van der Waals surface area contributed by atoms with E-state index in [0.717, 1.165) is 35.1 Å². The third kappa shape index (κ3) is 4.47. The van der Waals surface area contributed by atoms with E-state index in [1.54, 1.807) is 0 Å². The molecule has 1 saturated heterocycles. The molecule has 1 aromatic carbocycles. The molecule has 6 nitrogen and oxygen atoms in total. The molecule has 0 amide bonds. The number of nitrogens with one attached hydrogen (secondary N) is 2. The van der Waals surface area contributed by atoms with Gasteiger partial charge in [-0.25, -0.2) is 4.98 Å². The number of anilines is 2. The van der Waals surface area contributed by atoms with Crippen molar-refractivity contribution >= 4 is 28.8 Å². The average molecular weight is 399 g/mol. The van der Waals surface area contributed by atoms with Gasteiger partial charge in [0.15, 0.2) is 16.6 Å². The summed E-state index contributed by atoms with van der Waals surface area (Å²) in [6.45, 7) is 5.14. The Morgan fingerprint density at radius 2 is 2.04 bits per heavy atom. The van der Waals surface area contributed by atoms with Gasteiger partial charge in [-0.2, -0.15) is 0 Å². The van der Waals surface area contributed by atoms with Gasteiger partial charge in [0.1, 0.15) is 19.0 Å². The van der Waals surface area contributed by atoms with E-state index in [1.807, 2.05) is 30.5 Å². The molecule has 0 bridgehead atoms. The minimum Gasteiger partial charge on any atom is -0.486 e. The highest BCUT2D eigenvalue weighted by molar-refractivity contribution is 7.80. The molecule has 0 radical (unpaired) electrons. The summed E-state index contributed by atoms with van der Waals surface area (Å²) in [6.07, 6.45) is 5.62. The standard InChI is InChI=1S/C21H26N4O2S/c1-15-4-2-3-9-25(15)20-8-6-17(14-22-20)24-21(28)23-13-16-5-7-18-19(12-16)27-11-10-26-18/h5-8,12,14-15H,2-4,9-11,13H2,1H3,(H2,23,24,28)/t15-/m1/s1. The van der Waals surface area contributed by atoms with Gasteiger partial charge in [0.05, 0.1) is 11.9 Å². The van der Waals surface area contributed by atoms with Gasteiger partial charge >= 0.3 is 0 Å². The fraction of sp³-hybridized carbons (Fsp3) is 0.429. The van der Waals surface area contributed by atoms with Crippen molar-refractivity contribution < 1.29 is 9.47 Å². The summed E-state index contributed by atoms with van der Waals surface area (Å²) in [4.78, 5) is 7.00. The van der Waals surface area contributed by atoms with Crippen LogP contribution in [0.5, 0.6) is 11.5 Å². The van der Waals surface area contributed by atoms with Gasteiger partial charge in [0.25, 0.3) is 0 Å². The summed E-state index contributed by atoms with van der Waals surface area (Å²) in [5, 5.41) is 6.99. The Hall–Kier alpha value is -2.54. The highest BCUT2D eigenvalue weighted by Crippen LogP contribution is 2.30. The Bertz CT molecular complexity index is 828. The number of rotatable bonds is 4. The van der Waals surface area contributed by atoms with Crippen molar-refractivity contribution in [1.29, 1.82) is 0 Å². The highest BCUT2D eigenvalue weighted by atomic mass is 32.1. The van der Waals surface area contributed by atoms with Crippen LogP contribution < -0.4 is 25.0 Å². The van der Waals surface area contributed by atoms with Gasteiger partial charge in [-0.05, 0) is 68.2 Å². The molecule has 0 unspecified atom stereocenters. The first-order chi connectivity index (χ1) is 13.7. The monoisotopic (exact) mass is 398 g/mol. The third-order valence-electron chi connectivity index (χ3n) is 5.16. The summed E-state index contributed by atoms with van der Waals surface area (Å²) >= 11 is 5.42. The number of benzene rings is 1. The SMILES string of the molecule is C[C@@H]1CCCCN1c1ccc(NC(=S)NCc2ccc3c(c2)OCCO3)cn1. The second kappa shape index (κ2) is 8.65. The summed E-state index contributed by atoms with van der Waals surface area (Å²) in [5.74, 6) is 2.62. The smallest absolute Gasteiger partial charge is 0.171 e. The summed E-state index contributed by atoms with van der Waals surface area (Å²) < 4.78 is 11.2. The largest absolute Gasteiger partial charge is 0.486 e. The molecule has 28 heavy (non-hydrogen) atoms. The first-order valence-electron chi connectivity index (χ1n) is 9.85. The Kier molecular flexibility index (Phi) is 5.81. The Morgan fingerprint density at radius 3 is 2.82 bits per heavy atom. The number of hydrogen-bond acceptors (Lipinski definition) is 5. The van der Waals surface area contributed by atoms with E-state index in [4.69, 9.17) is 21.7 Å². The molecule has 1 aromatic heterocycles. The molecule has 0 saturated carbocycles. The molecule has 2 N–H and O–H groups in total. The maximum absolute atomic E-state index is 5.62. The molecule has 1 fully saturated rings. The van der Waals surface area contributed by atoms with Gasteiger partial charge < -0.3 is 25.0 Å². The molecule has 7 heteroatoms. The van der Waals surface area contributed by atoms with Crippen LogP contribution in [-0.4, -0.2) is 35.9 Å². The summed E-state index contributed by atoms with van der Waals surface area (Å²) in [5.41, 5.74) is 1.97. The minimum absolute atomic E-state index is 0.550. The molecule has 4 rings (SSSR count). The molecule has 2 aromatic rings. The second-order valence-corrected chi connectivity index (χ2v) is 7.64. The zero-order valence-corrected chi connectivity index (χ0v) is 16.9. The molecule has 2 aliphatic heterocycles. The first-order valence-corrected chi connectivity index (χ1v) is 10.3. The van der Waals surface area contributed by atoms with E-state index >= 15 is 0 Å². The van der Waals surface area contributed by atoms with Crippen LogP contribution in [0.3, 0.4) is 0 Å². The lowest BCUT2D eigenvalue weighted by Gasteiger charge is -2.34. The van der Waals surface area contributed by atoms with Gasteiger partial charge in [0, 0.05) is 19.1 Å². The van der Waals surface area contributed by atoms with Crippen molar-refractivity contribution in [1.82, 2.24) is 10.3 Å². The number of hydrogen-bond donors (Lipinski definition) is 2. The molecule has 0 spiro atoms. The molecular formula is C21H26N4O2S. The topological polar surface area (TPSA) is 58.7 Å². The number of pyridine rings is 1. The first kappa shape index (κ1) is 18.8. The van der Waals surface area contributed by atoms with Crippen molar-refractivity contribution in [2.75, 3.05) is 30.0 Å². The number of aromatic nitrogens is 1. The van der Waals surface area contributed by atoms with Gasteiger partial charge in [-0.1, -0.05) is 6.07 Å². The fourth-order valence-electron chi connectivity index (χ4n) is 3.62. The van der Waals surface area contributed by atoms with Crippen LogP contribution >= 0.6 is 12.2 Å². The quantitative estimate of drug-likeness (QED) is 0.761. The fourth-order valence-corrected chi connectivity index (χ4v) is 3.81. The van der Waals surface area contributed by atoms with Crippen molar-refractivity contribution in [2.45, 2.75) is 38.8 Å². The zero-order valence-electron chi connectivity index (χ0n) is 16.1. The molecule has 3 heterocycles. The molecule has 0 aliphatic carbocycles. The predicted molar refractivity (Wildman–Crippen MR) is 115 cm³/mol. The van der Waals surface area contributed by atoms with Crippen LogP contribution in [0, 0.1) is 0 Å². The number of ether oxygens (including phenoxy) is 2. The lowest BCUT2D eigenvalue weighted by atomic mass is 10.0. The van der Waals surface area contributed by atoms with Crippen molar-refractivity contribution in [3.05, 3.63) is 42.1 Å². The van der Waals surface area contributed by atoms with Gasteiger partial charge in [-0.3, -0.25) is 0 Å². The van der Waals surface area contributed by atoms with Crippen LogP contribution in [0.25, 0.3) is 0 Å². The van der Waals surface area contributed by atoms with E-state index < -0.39 is 0 Å². The molecular weight excluding hydrogens is 372 g/mol. The second-order valence-electron chi connectivity index (χ2n) is 7.23. The van der Waals surface area contributed by atoms with Crippen LogP contribution in [0.1, 0.15) is 31.7 Å².